The van der Waals surface area contributed by atoms with Crippen LogP contribution in [-0.4, -0.2) is 31.2 Å². The molecule has 1 saturated carbocycles. The summed E-state index contributed by atoms with van der Waals surface area (Å²) in [6.07, 6.45) is 4.01. The number of imidazole rings is 1. The lowest BCUT2D eigenvalue weighted by molar-refractivity contribution is -0.143. The number of nitrogens with zero attached hydrogens (tertiary/aromatic N) is 2. The lowest BCUT2D eigenvalue weighted by Gasteiger charge is -2.24. The molecule has 0 amide bonds. The number of hydrogen-bond donors (Lipinski definition) is 1. The molecule has 7 heteroatoms. The Bertz CT molecular complexity index is 1170. The number of ketones is 1. The van der Waals surface area contributed by atoms with Gasteiger partial charge in [-0.15, -0.1) is 0 Å². The van der Waals surface area contributed by atoms with Crippen LogP contribution in [-0.2, 0) is 9.59 Å². The number of halogens is 1. The number of carboxylic acids is 1. The number of Topliss-reactive ketones (excluding diaryl/α,β-unsaturated/α-hetero) is 1. The minimum Gasteiger partial charge on any atom is -0.481 e. The molecule has 0 saturated heterocycles. The van der Waals surface area contributed by atoms with Crippen LogP contribution >= 0.6 is 23.4 Å². The zero-order chi connectivity index (χ0) is 22.3. The topological polar surface area (TPSA) is 72.2 Å². The minimum atomic E-state index is -0.971. The first-order valence-corrected chi connectivity index (χ1v) is 11.6. The molecule has 1 unspecified atom stereocenters. The molecule has 162 valence electrons. The van der Waals surface area contributed by atoms with Gasteiger partial charge in [-0.25, -0.2) is 4.98 Å². The molecule has 1 aromatic heterocycles. The lowest BCUT2D eigenvalue weighted by atomic mass is 9.97. The monoisotopic (exact) mass is 456 g/mol. The molecule has 0 spiro atoms. The Morgan fingerprint density at radius 3 is 2.55 bits per heavy atom. The first kappa shape index (κ1) is 21.9. The number of carboxylic acid groups (broad SMARTS) is 1. The van der Waals surface area contributed by atoms with Crippen molar-refractivity contribution in [3.05, 3.63) is 53.3 Å². The van der Waals surface area contributed by atoms with Crippen molar-refractivity contribution < 1.29 is 14.7 Å². The third-order valence-electron chi connectivity index (χ3n) is 5.81. The SMILES string of the molecule is CC(CC(=O)C(C)(C)Sc1ncc(Cl)n1-c1ccc(C2CC2)c2ccccc12)C(=O)O. The molecule has 5 nitrogen and oxygen atoms in total. The van der Waals surface area contributed by atoms with Crippen molar-refractivity contribution in [1.82, 2.24) is 9.55 Å². The maximum Gasteiger partial charge on any atom is 0.306 e. The fourth-order valence-electron chi connectivity index (χ4n) is 3.75. The number of benzene rings is 2. The summed E-state index contributed by atoms with van der Waals surface area (Å²) in [7, 11) is 0. The van der Waals surface area contributed by atoms with Gasteiger partial charge in [0.15, 0.2) is 5.16 Å². The molecular formula is C24H25ClN2O3S. The summed E-state index contributed by atoms with van der Waals surface area (Å²) in [5.74, 6) is -1.21. The molecule has 2 aromatic carbocycles. The summed E-state index contributed by atoms with van der Waals surface area (Å²) < 4.78 is 1.03. The highest BCUT2D eigenvalue weighted by Crippen LogP contribution is 2.45. The van der Waals surface area contributed by atoms with E-state index >= 15 is 0 Å². The Kier molecular flexibility index (Phi) is 5.88. The Morgan fingerprint density at radius 2 is 1.90 bits per heavy atom. The van der Waals surface area contributed by atoms with Crippen LogP contribution < -0.4 is 0 Å². The minimum absolute atomic E-state index is 0.0250. The van der Waals surface area contributed by atoms with E-state index in [1.165, 1.54) is 35.6 Å². The van der Waals surface area contributed by atoms with Gasteiger partial charge in [-0.3, -0.25) is 14.2 Å². The van der Waals surface area contributed by atoms with Crippen molar-refractivity contribution in [3.8, 4) is 5.69 Å². The Hall–Kier alpha value is -2.31. The van der Waals surface area contributed by atoms with Gasteiger partial charge in [-0.2, -0.15) is 0 Å². The number of rotatable bonds is 8. The predicted octanol–water partition coefficient (Wildman–Crippen LogP) is 6.11. The number of thioether (sulfide) groups is 1. The number of hydrogen-bond acceptors (Lipinski definition) is 4. The lowest BCUT2D eigenvalue weighted by Crippen LogP contribution is -2.31. The molecule has 1 aliphatic rings. The maximum absolute atomic E-state index is 12.8. The Balaban J connectivity index is 1.72. The van der Waals surface area contributed by atoms with Gasteiger partial charge in [-0.05, 0) is 49.6 Å². The molecule has 31 heavy (non-hydrogen) atoms. The summed E-state index contributed by atoms with van der Waals surface area (Å²) in [5.41, 5.74) is 2.29. The first-order chi connectivity index (χ1) is 14.7. The van der Waals surface area contributed by atoms with Gasteiger partial charge in [0.05, 0.1) is 22.5 Å². The number of aromatic nitrogens is 2. The third-order valence-corrected chi connectivity index (χ3v) is 7.29. The second-order valence-corrected chi connectivity index (χ2v) is 10.6. The van der Waals surface area contributed by atoms with E-state index in [0.29, 0.717) is 16.2 Å². The van der Waals surface area contributed by atoms with E-state index in [2.05, 4.69) is 35.3 Å². The zero-order valence-electron chi connectivity index (χ0n) is 17.8. The molecule has 1 fully saturated rings. The summed E-state index contributed by atoms with van der Waals surface area (Å²) >= 11 is 7.86. The van der Waals surface area contributed by atoms with Crippen LogP contribution in [0.3, 0.4) is 0 Å². The van der Waals surface area contributed by atoms with Gasteiger partial charge in [0.2, 0.25) is 0 Å². The molecule has 0 radical (unpaired) electrons. The molecule has 1 atom stereocenters. The third kappa shape index (κ3) is 4.37. The van der Waals surface area contributed by atoms with Crippen LogP contribution in [0.2, 0.25) is 5.15 Å². The molecule has 1 aliphatic carbocycles. The van der Waals surface area contributed by atoms with Gasteiger partial charge in [0.1, 0.15) is 10.9 Å². The number of fused-ring (bicyclic) bond motifs is 1. The number of carbonyl (C=O) groups is 2. The van der Waals surface area contributed by atoms with Crippen LogP contribution in [0.1, 0.15) is 51.5 Å². The van der Waals surface area contributed by atoms with E-state index in [-0.39, 0.29) is 12.2 Å². The summed E-state index contributed by atoms with van der Waals surface area (Å²) in [5, 5.41) is 12.5. The van der Waals surface area contributed by atoms with E-state index in [1.54, 1.807) is 27.0 Å². The highest BCUT2D eigenvalue weighted by Gasteiger charge is 2.33. The van der Waals surface area contributed by atoms with Gasteiger partial charge in [-0.1, -0.05) is 60.6 Å². The Labute approximate surface area is 190 Å². The second kappa shape index (κ2) is 8.32. The quantitative estimate of drug-likeness (QED) is 0.414. The van der Waals surface area contributed by atoms with E-state index in [1.807, 2.05) is 10.6 Å². The average molecular weight is 457 g/mol. The smallest absolute Gasteiger partial charge is 0.306 e. The van der Waals surface area contributed by atoms with Crippen molar-refractivity contribution in [2.24, 2.45) is 5.92 Å². The molecule has 1 N–H and O–H groups in total. The van der Waals surface area contributed by atoms with Crippen molar-refractivity contribution in [2.45, 2.75) is 55.9 Å². The Morgan fingerprint density at radius 1 is 1.23 bits per heavy atom. The maximum atomic E-state index is 12.8. The molecule has 4 rings (SSSR count). The molecular weight excluding hydrogens is 432 g/mol. The van der Waals surface area contributed by atoms with Crippen LogP contribution in [0.5, 0.6) is 0 Å². The number of aliphatic carboxylic acids is 1. The molecule has 1 heterocycles. The van der Waals surface area contributed by atoms with Gasteiger partial charge < -0.3 is 5.11 Å². The van der Waals surface area contributed by atoms with E-state index in [4.69, 9.17) is 16.7 Å². The van der Waals surface area contributed by atoms with Crippen molar-refractivity contribution in [2.75, 3.05) is 0 Å². The highest BCUT2D eigenvalue weighted by atomic mass is 35.5. The van der Waals surface area contributed by atoms with Crippen LogP contribution in [0.15, 0.2) is 47.8 Å². The van der Waals surface area contributed by atoms with Crippen molar-refractivity contribution in [1.29, 1.82) is 0 Å². The molecule has 0 bridgehead atoms. The zero-order valence-corrected chi connectivity index (χ0v) is 19.3. The van der Waals surface area contributed by atoms with Gasteiger partial charge in [0, 0.05) is 11.8 Å². The summed E-state index contributed by atoms with van der Waals surface area (Å²) in [6, 6.07) is 12.5. The first-order valence-electron chi connectivity index (χ1n) is 10.4. The van der Waals surface area contributed by atoms with E-state index in [9.17, 15) is 9.59 Å². The second-order valence-electron chi connectivity index (χ2n) is 8.67. The van der Waals surface area contributed by atoms with E-state index in [0.717, 1.165) is 11.1 Å². The number of carbonyl (C=O) groups excluding carboxylic acids is 1. The normalized spacial score (nSPS) is 15.2. The highest BCUT2D eigenvalue weighted by molar-refractivity contribution is 8.01. The fraction of sp³-hybridized carbons (Fsp3) is 0.375. The van der Waals surface area contributed by atoms with Crippen LogP contribution in [0.25, 0.3) is 16.5 Å². The summed E-state index contributed by atoms with van der Waals surface area (Å²) in [6.45, 7) is 5.15. The standard InChI is InChI=1S/C24H25ClN2O3S/c1-14(22(29)30)12-20(28)24(2,3)31-23-26-13-21(25)27(23)19-11-10-16(15-8-9-15)17-6-4-5-7-18(17)19/h4-7,10-11,13-15H,8-9,12H2,1-3H3,(H,29,30). The molecule has 3 aromatic rings. The van der Waals surface area contributed by atoms with Gasteiger partial charge in [0.25, 0.3) is 0 Å². The van der Waals surface area contributed by atoms with Crippen molar-refractivity contribution >= 4 is 45.9 Å². The largest absolute Gasteiger partial charge is 0.481 e. The van der Waals surface area contributed by atoms with Crippen LogP contribution in [0, 0.1) is 5.92 Å². The average Bonchev–Trinajstić information content (AvgIpc) is 3.51. The summed E-state index contributed by atoms with van der Waals surface area (Å²) in [4.78, 5) is 28.5. The van der Waals surface area contributed by atoms with Crippen molar-refractivity contribution in [3.63, 3.8) is 0 Å². The predicted molar refractivity (Wildman–Crippen MR) is 124 cm³/mol. The van der Waals surface area contributed by atoms with E-state index < -0.39 is 16.6 Å². The molecule has 0 aliphatic heterocycles. The van der Waals surface area contributed by atoms with Gasteiger partial charge >= 0.3 is 5.97 Å². The fourth-order valence-corrected chi connectivity index (χ4v) is 5.07. The van der Waals surface area contributed by atoms with Crippen LogP contribution in [0.4, 0.5) is 0 Å².